The molecule has 2 unspecified atom stereocenters. The molecule has 6 heteroatoms. The molecule has 0 aliphatic heterocycles. The molecular weight excluding hydrogens is 213 g/mol. The molecule has 13 heavy (non-hydrogen) atoms. The number of diazo groups is 1. The zero-order valence-corrected chi connectivity index (χ0v) is 8.46. The van der Waals surface area contributed by atoms with E-state index in [1.54, 1.807) is 12.2 Å². The molecule has 0 aromatic carbocycles. The molecule has 1 aliphatic carbocycles. The van der Waals surface area contributed by atoms with Crippen molar-refractivity contribution in [3.05, 3.63) is 28.2 Å². The third-order valence-electron chi connectivity index (χ3n) is 1.68. The van der Waals surface area contributed by atoms with Crippen molar-refractivity contribution in [2.75, 3.05) is 7.11 Å². The molecule has 0 saturated carbocycles. The smallest absolute Gasteiger partial charge is 0.424 e. The molecule has 72 valence electrons. The lowest BCUT2D eigenvalue weighted by atomic mass is 10.00. The zero-order valence-electron chi connectivity index (χ0n) is 6.95. The van der Waals surface area contributed by atoms with Gasteiger partial charge in [-0.1, -0.05) is 11.6 Å². The van der Waals surface area contributed by atoms with Crippen LogP contribution in [0.15, 0.2) is 23.3 Å². The minimum atomic E-state index is -1.26. The van der Waals surface area contributed by atoms with Crippen LogP contribution in [0.2, 0.25) is 0 Å². The summed E-state index contributed by atoms with van der Waals surface area (Å²) >= 11 is 5.67. The highest BCUT2D eigenvalue weighted by molar-refractivity contribution is 6.31. The highest BCUT2D eigenvalue weighted by atomic mass is 35.5. The van der Waals surface area contributed by atoms with Gasteiger partial charge in [-0.15, -0.1) is 0 Å². The van der Waals surface area contributed by atoms with Gasteiger partial charge < -0.3 is 17.1 Å². The number of rotatable bonds is 1. The number of halogens is 2. The number of nitrogens with two attached hydrogens (primary N) is 1. The first-order valence-electron chi connectivity index (χ1n) is 3.37. The van der Waals surface area contributed by atoms with Gasteiger partial charge in [-0.25, -0.2) is 5.73 Å². The van der Waals surface area contributed by atoms with Crippen LogP contribution in [0.3, 0.4) is 0 Å². The first-order valence-corrected chi connectivity index (χ1v) is 3.74. The lowest BCUT2D eigenvalue weighted by Gasteiger charge is -2.17. The Labute approximate surface area is 87.4 Å². The van der Waals surface area contributed by atoms with Gasteiger partial charge in [0.15, 0.2) is 6.10 Å². The second kappa shape index (κ2) is 4.58. The van der Waals surface area contributed by atoms with Gasteiger partial charge in [0.25, 0.3) is 0 Å². The average Bonchev–Trinajstić information content (AvgIpc) is 2.05. The molecule has 4 nitrogen and oxygen atoms in total. The zero-order chi connectivity index (χ0) is 9.19. The van der Waals surface area contributed by atoms with E-state index in [1.165, 1.54) is 13.2 Å². The average molecular weight is 222 g/mol. The second-order valence-electron chi connectivity index (χ2n) is 2.53. The molecule has 0 amide bonds. The fourth-order valence-electron chi connectivity index (χ4n) is 1.04. The predicted octanol–water partition coefficient (Wildman–Crippen LogP) is -1.79. The van der Waals surface area contributed by atoms with Crippen LogP contribution >= 0.6 is 11.6 Å². The molecule has 0 aromatic rings. The van der Waals surface area contributed by atoms with E-state index >= 15 is 0 Å². The summed E-state index contributed by atoms with van der Waals surface area (Å²) in [7, 11) is 1.48. The molecule has 0 bridgehead atoms. The van der Waals surface area contributed by atoms with Gasteiger partial charge in [0.05, 0.1) is 0 Å². The van der Waals surface area contributed by atoms with Gasteiger partial charge >= 0.3 is 5.66 Å². The molecule has 2 atom stereocenters. The Kier molecular flexibility index (Phi) is 4.37. The van der Waals surface area contributed by atoms with Crippen LogP contribution < -0.4 is 18.1 Å². The Bertz CT molecular complexity index is 284. The Hall–Kier alpha value is -0.600. The summed E-state index contributed by atoms with van der Waals surface area (Å²) in [6.07, 6.45) is 4.24. The van der Waals surface area contributed by atoms with Crippen molar-refractivity contribution >= 4 is 11.6 Å². The monoisotopic (exact) mass is 221 g/mol. The van der Waals surface area contributed by atoms with Gasteiger partial charge in [-0.2, -0.15) is 0 Å². The molecule has 1 aliphatic rings. The number of methoxy groups -OCH3 is 1. The number of nitrogens with zero attached hydrogens (tertiary/aromatic N) is 2. The van der Waals surface area contributed by atoms with Crippen LogP contribution in [0.4, 0.5) is 0 Å². The summed E-state index contributed by atoms with van der Waals surface area (Å²) in [4.78, 5) is 3.02. The Morgan fingerprint density at radius 1 is 1.77 bits per heavy atom. The Morgan fingerprint density at radius 2 is 2.38 bits per heavy atom. The maximum atomic E-state index is 8.65. The number of ether oxygens (including phenoxy) is 1. The molecule has 0 radical (unpaired) electrons. The van der Waals surface area contributed by atoms with E-state index in [0.29, 0.717) is 5.03 Å². The minimum Gasteiger partial charge on any atom is -1.00 e. The second-order valence-corrected chi connectivity index (χ2v) is 2.97. The largest absolute Gasteiger partial charge is 1.00 e. The van der Waals surface area contributed by atoms with Crippen molar-refractivity contribution < 1.29 is 17.1 Å². The highest BCUT2D eigenvalue weighted by Crippen LogP contribution is 2.24. The third-order valence-corrected chi connectivity index (χ3v) is 1.92. The van der Waals surface area contributed by atoms with Crippen molar-refractivity contribution in [2.24, 2.45) is 5.73 Å². The van der Waals surface area contributed by atoms with Crippen LogP contribution in [-0.4, -0.2) is 18.9 Å². The molecular formula is C7H9Cl2N3O. The van der Waals surface area contributed by atoms with E-state index in [1.807, 2.05) is 0 Å². The summed E-state index contributed by atoms with van der Waals surface area (Å²) in [6, 6.07) is 0. The van der Waals surface area contributed by atoms with Crippen LogP contribution in [-0.2, 0) is 4.74 Å². The summed E-state index contributed by atoms with van der Waals surface area (Å²) in [5.41, 5.74) is 4.39. The predicted molar refractivity (Wildman–Crippen MR) is 45.9 cm³/mol. The SMILES string of the molecule is COC1C=CC(Cl)=CC1(N)[N+]#N.[Cl-]. The Morgan fingerprint density at radius 3 is 2.85 bits per heavy atom. The van der Waals surface area contributed by atoms with Gasteiger partial charge in [0.1, 0.15) is 4.98 Å². The van der Waals surface area contributed by atoms with Crippen molar-refractivity contribution in [1.82, 2.24) is 0 Å². The number of allylic oxidation sites excluding steroid dienone is 2. The van der Waals surface area contributed by atoms with Gasteiger partial charge in [-0.05, 0) is 12.2 Å². The maximum absolute atomic E-state index is 8.65. The number of hydrogen-bond donors (Lipinski definition) is 1. The fourth-order valence-corrected chi connectivity index (χ4v) is 1.29. The first kappa shape index (κ1) is 12.4. The fraction of sp³-hybridized carbons (Fsp3) is 0.429. The van der Waals surface area contributed by atoms with Crippen molar-refractivity contribution in [1.29, 1.82) is 5.39 Å². The van der Waals surface area contributed by atoms with E-state index in [9.17, 15) is 0 Å². The van der Waals surface area contributed by atoms with Crippen LogP contribution in [0.1, 0.15) is 0 Å². The first-order chi connectivity index (χ1) is 5.62. The Balaban J connectivity index is 0.00000144. The van der Waals surface area contributed by atoms with E-state index in [0.717, 1.165) is 0 Å². The molecule has 0 spiro atoms. The molecule has 0 saturated heterocycles. The molecule has 1 rings (SSSR count). The molecule has 0 heterocycles. The maximum Gasteiger partial charge on any atom is 0.424 e. The minimum absolute atomic E-state index is 0. The lowest BCUT2D eigenvalue weighted by Crippen LogP contribution is -3.00. The molecule has 0 aromatic heterocycles. The summed E-state index contributed by atoms with van der Waals surface area (Å²) in [6.45, 7) is 0. The summed E-state index contributed by atoms with van der Waals surface area (Å²) in [5.74, 6) is 0. The summed E-state index contributed by atoms with van der Waals surface area (Å²) < 4.78 is 4.98. The van der Waals surface area contributed by atoms with E-state index in [4.69, 9.17) is 27.5 Å². The van der Waals surface area contributed by atoms with Crippen LogP contribution in [0.25, 0.3) is 4.98 Å². The normalized spacial score (nSPS) is 31.5. The highest BCUT2D eigenvalue weighted by Gasteiger charge is 2.47. The van der Waals surface area contributed by atoms with E-state index in [-0.39, 0.29) is 12.4 Å². The molecule has 2 N–H and O–H groups in total. The standard InChI is InChI=1S/C7H9ClN3O.ClH/c1-12-6-3-2-5(8)4-7(6,9)11-10;/h2-4,6H,9H2,1H3;1H/q+1;/p-1. The van der Waals surface area contributed by atoms with E-state index < -0.39 is 11.8 Å². The lowest BCUT2D eigenvalue weighted by molar-refractivity contribution is -0.00000314. The van der Waals surface area contributed by atoms with Crippen LogP contribution in [0.5, 0.6) is 0 Å². The van der Waals surface area contributed by atoms with Crippen molar-refractivity contribution in [2.45, 2.75) is 11.8 Å². The quantitative estimate of drug-likeness (QED) is 0.533. The van der Waals surface area contributed by atoms with Gasteiger partial charge in [0, 0.05) is 18.2 Å². The molecule has 0 fully saturated rings. The summed E-state index contributed by atoms with van der Waals surface area (Å²) in [5, 5.41) is 9.09. The van der Waals surface area contributed by atoms with Gasteiger partial charge in [-0.3, -0.25) is 0 Å². The van der Waals surface area contributed by atoms with Crippen LogP contribution in [0, 0.1) is 5.39 Å². The topological polar surface area (TPSA) is 63.4 Å². The number of hydrogen-bond acceptors (Lipinski definition) is 3. The third kappa shape index (κ3) is 2.42. The van der Waals surface area contributed by atoms with E-state index in [2.05, 4.69) is 4.98 Å². The van der Waals surface area contributed by atoms with Crippen molar-refractivity contribution in [3.63, 3.8) is 0 Å². The van der Waals surface area contributed by atoms with Crippen molar-refractivity contribution in [3.8, 4) is 0 Å². The van der Waals surface area contributed by atoms with Gasteiger partial charge in [0.2, 0.25) is 5.39 Å².